The van der Waals surface area contributed by atoms with E-state index in [1.54, 1.807) is 0 Å². The van der Waals surface area contributed by atoms with Gasteiger partial charge >= 0.3 is 0 Å². The van der Waals surface area contributed by atoms with E-state index < -0.39 is 0 Å². The Morgan fingerprint density at radius 1 is 1.33 bits per heavy atom. The van der Waals surface area contributed by atoms with Crippen LogP contribution in [0.15, 0.2) is 0 Å². The molecule has 2 aliphatic heterocycles. The van der Waals surface area contributed by atoms with E-state index in [2.05, 4.69) is 23.8 Å². The van der Waals surface area contributed by atoms with E-state index in [4.69, 9.17) is 0 Å². The van der Waals surface area contributed by atoms with Crippen LogP contribution in [0.25, 0.3) is 0 Å². The molecule has 2 unspecified atom stereocenters. The first kappa shape index (κ1) is 8.52. The molecular weight excluding hydrogens is 148 g/mol. The summed E-state index contributed by atoms with van der Waals surface area (Å²) < 4.78 is 0. The molecule has 12 heavy (non-hydrogen) atoms. The second kappa shape index (κ2) is 3.35. The number of likely N-dealkylation sites (tertiary alicyclic amines) is 2. The molecule has 70 valence electrons. The van der Waals surface area contributed by atoms with E-state index in [0.717, 1.165) is 12.0 Å². The van der Waals surface area contributed by atoms with Crippen LogP contribution in [0.4, 0.5) is 0 Å². The van der Waals surface area contributed by atoms with Gasteiger partial charge in [-0.15, -0.1) is 0 Å². The third kappa shape index (κ3) is 1.50. The summed E-state index contributed by atoms with van der Waals surface area (Å²) in [5.74, 6) is 0.997. The van der Waals surface area contributed by atoms with Gasteiger partial charge in [-0.25, -0.2) is 0 Å². The molecule has 0 amide bonds. The first-order valence-electron chi connectivity index (χ1n) is 5.22. The topological polar surface area (TPSA) is 6.48 Å². The highest BCUT2D eigenvalue weighted by atomic mass is 15.2. The molecule has 2 bridgehead atoms. The summed E-state index contributed by atoms with van der Waals surface area (Å²) >= 11 is 0. The molecule has 2 heteroatoms. The van der Waals surface area contributed by atoms with E-state index in [1.165, 1.54) is 39.0 Å². The monoisotopic (exact) mass is 168 g/mol. The Balaban J connectivity index is 2.00. The molecule has 2 nitrogen and oxygen atoms in total. The second-order valence-electron chi connectivity index (χ2n) is 4.39. The average molecular weight is 168 g/mol. The molecule has 2 aliphatic rings. The number of hydrogen-bond donors (Lipinski definition) is 0. The molecule has 0 radical (unpaired) electrons. The van der Waals surface area contributed by atoms with E-state index in [-0.39, 0.29) is 0 Å². The average Bonchev–Trinajstić information content (AvgIpc) is 2.04. The molecular formula is C10H20N2. The molecule has 2 atom stereocenters. The van der Waals surface area contributed by atoms with E-state index in [0.29, 0.717) is 0 Å². The molecule has 2 saturated heterocycles. The number of fused-ring (bicyclic) bond motifs is 2. The molecule has 0 spiro atoms. The molecule has 2 heterocycles. The lowest BCUT2D eigenvalue weighted by molar-refractivity contribution is 0.0359. The van der Waals surface area contributed by atoms with Gasteiger partial charge in [0, 0.05) is 19.1 Å². The van der Waals surface area contributed by atoms with Crippen molar-refractivity contribution in [3.8, 4) is 0 Å². The number of rotatable bonds is 1. The van der Waals surface area contributed by atoms with Crippen molar-refractivity contribution in [3.63, 3.8) is 0 Å². The fraction of sp³-hybridized carbons (Fsp3) is 1.00. The maximum Gasteiger partial charge on any atom is 0.0226 e. The van der Waals surface area contributed by atoms with Gasteiger partial charge in [0.05, 0.1) is 0 Å². The van der Waals surface area contributed by atoms with Crippen LogP contribution in [0, 0.1) is 5.92 Å². The smallest absolute Gasteiger partial charge is 0.0226 e. The van der Waals surface area contributed by atoms with Gasteiger partial charge in [0.2, 0.25) is 0 Å². The number of hydrogen-bond acceptors (Lipinski definition) is 2. The van der Waals surface area contributed by atoms with E-state index >= 15 is 0 Å². The standard InChI is InChI=1S/C10H20N2/c1-3-12-5-4-9-6-10(12)8-11(2)7-9/h9-10H,3-8H2,1-2H3. The molecule has 0 aliphatic carbocycles. The Hall–Kier alpha value is -0.0800. The van der Waals surface area contributed by atoms with E-state index in [1.807, 2.05) is 0 Å². The van der Waals surface area contributed by atoms with Crippen molar-refractivity contribution in [2.45, 2.75) is 25.8 Å². The third-order valence-corrected chi connectivity index (χ3v) is 3.44. The summed E-state index contributed by atoms with van der Waals surface area (Å²) in [4.78, 5) is 5.15. The zero-order chi connectivity index (χ0) is 8.55. The minimum absolute atomic E-state index is 0.868. The van der Waals surface area contributed by atoms with Gasteiger partial charge in [0.1, 0.15) is 0 Å². The van der Waals surface area contributed by atoms with Crippen molar-refractivity contribution in [1.82, 2.24) is 9.80 Å². The zero-order valence-electron chi connectivity index (χ0n) is 8.29. The van der Waals surface area contributed by atoms with Gasteiger partial charge in [-0.05, 0) is 38.9 Å². The fourth-order valence-corrected chi connectivity index (χ4v) is 2.83. The minimum Gasteiger partial charge on any atom is -0.305 e. The molecule has 0 N–H and O–H groups in total. The van der Waals surface area contributed by atoms with Crippen molar-refractivity contribution in [2.75, 3.05) is 33.2 Å². The lowest BCUT2D eigenvalue weighted by Gasteiger charge is -2.46. The predicted molar refractivity (Wildman–Crippen MR) is 51.3 cm³/mol. The van der Waals surface area contributed by atoms with Crippen LogP contribution < -0.4 is 0 Å². The van der Waals surface area contributed by atoms with Crippen LogP contribution >= 0.6 is 0 Å². The molecule has 0 aromatic rings. The lowest BCUT2D eigenvalue weighted by Crippen LogP contribution is -2.54. The highest BCUT2D eigenvalue weighted by molar-refractivity contribution is 4.88. The maximum atomic E-state index is 2.64. The fourth-order valence-electron chi connectivity index (χ4n) is 2.83. The van der Waals surface area contributed by atoms with Crippen LogP contribution in [0.1, 0.15) is 19.8 Å². The third-order valence-electron chi connectivity index (χ3n) is 3.44. The molecule has 2 rings (SSSR count). The second-order valence-corrected chi connectivity index (χ2v) is 4.39. The van der Waals surface area contributed by atoms with Gasteiger partial charge in [-0.2, -0.15) is 0 Å². The molecule has 0 saturated carbocycles. The van der Waals surface area contributed by atoms with E-state index in [9.17, 15) is 0 Å². The highest BCUT2D eigenvalue weighted by Crippen LogP contribution is 2.27. The number of piperidine rings is 2. The Morgan fingerprint density at radius 2 is 2.17 bits per heavy atom. The van der Waals surface area contributed by atoms with Crippen LogP contribution in [-0.2, 0) is 0 Å². The molecule has 2 fully saturated rings. The zero-order valence-corrected chi connectivity index (χ0v) is 8.29. The first-order chi connectivity index (χ1) is 5.79. The summed E-state index contributed by atoms with van der Waals surface area (Å²) in [7, 11) is 2.26. The molecule has 0 aromatic heterocycles. The normalized spacial score (nSPS) is 38.5. The lowest BCUT2D eigenvalue weighted by atomic mass is 9.87. The van der Waals surface area contributed by atoms with Crippen molar-refractivity contribution < 1.29 is 0 Å². The van der Waals surface area contributed by atoms with Gasteiger partial charge in [0.25, 0.3) is 0 Å². The van der Waals surface area contributed by atoms with Crippen molar-refractivity contribution >= 4 is 0 Å². The van der Waals surface area contributed by atoms with Gasteiger partial charge in [-0.1, -0.05) is 6.92 Å². The summed E-state index contributed by atoms with van der Waals surface area (Å²) in [6.45, 7) is 7.51. The predicted octanol–water partition coefficient (Wildman–Crippen LogP) is 1.03. The summed E-state index contributed by atoms with van der Waals surface area (Å²) in [6, 6.07) is 0.868. The van der Waals surface area contributed by atoms with Crippen LogP contribution in [-0.4, -0.2) is 49.1 Å². The summed E-state index contributed by atoms with van der Waals surface area (Å²) in [5, 5.41) is 0. The van der Waals surface area contributed by atoms with Gasteiger partial charge in [-0.3, -0.25) is 4.90 Å². The SMILES string of the molecule is CCN1CCC2CC1CN(C)C2. The highest BCUT2D eigenvalue weighted by Gasteiger charge is 2.32. The summed E-state index contributed by atoms with van der Waals surface area (Å²) in [5.41, 5.74) is 0. The number of nitrogens with zero attached hydrogens (tertiary/aromatic N) is 2. The Morgan fingerprint density at radius 3 is 2.92 bits per heavy atom. The molecule has 0 aromatic carbocycles. The first-order valence-corrected chi connectivity index (χ1v) is 5.22. The quantitative estimate of drug-likeness (QED) is 0.577. The van der Waals surface area contributed by atoms with Crippen LogP contribution in [0.2, 0.25) is 0 Å². The van der Waals surface area contributed by atoms with Crippen molar-refractivity contribution in [2.24, 2.45) is 5.92 Å². The van der Waals surface area contributed by atoms with Gasteiger partial charge in [0.15, 0.2) is 0 Å². The van der Waals surface area contributed by atoms with Crippen LogP contribution in [0.5, 0.6) is 0 Å². The largest absolute Gasteiger partial charge is 0.305 e. The Kier molecular flexibility index (Phi) is 2.37. The van der Waals surface area contributed by atoms with Crippen LogP contribution in [0.3, 0.4) is 0 Å². The van der Waals surface area contributed by atoms with Crippen molar-refractivity contribution in [1.29, 1.82) is 0 Å². The Labute approximate surface area is 75.5 Å². The maximum absolute atomic E-state index is 2.64. The van der Waals surface area contributed by atoms with Gasteiger partial charge < -0.3 is 4.90 Å². The number of likely N-dealkylation sites (N-methyl/N-ethyl adjacent to an activating group) is 2. The van der Waals surface area contributed by atoms with Crippen molar-refractivity contribution in [3.05, 3.63) is 0 Å². The summed E-state index contributed by atoms with van der Waals surface area (Å²) in [6.07, 6.45) is 2.88. The minimum atomic E-state index is 0.868. The Bertz CT molecular complexity index is 156.